The van der Waals surface area contributed by atoms with Gasteiger partial charge in [0.1, 0.15) is 0 Å². The zero-order valence-corrected chi connectivity index (χ0v) is 14.3. The SMILES string of the molecule is NC(CSc1ccc(Br)cc1)Cc1ccccc1Br. The van der Waals surface area contributed by atoms with Crippen LogP contribution in [0.3, 0.4) is 0 Å². The number of nitrogens with two attached hydrogens (primary N) is 1. The van der Waals surface area contributed by atoms with E-state index in [4.69, 9.17) is 5.73 Å². The van der Waals surface area contributed by atoms with Crippen LogP contribution in [0.5, 0.6) is 0 Å². The Morgan fingerprint density at radius 2 is 1.68 bits per heavy atom. The number of rotatable bonds is 5. The van der Waals surface area contributed by atoms with Gasteiger partial charge in [0.25, 0.3) is 0 Å². The Morgan fingerprint density at radius 1 is 1.00 bits per heavy atom. The van der Waals surface area contributed by atoms with E-state index in [1.807, 2.05) is 6.07 Å². The maximum absolute atomic E-state index is 6.20. The summed E-state index contributed by atoms with van der Waals surface area (Å²) in [5.74, 6) is 0.920. The van der Waals surface area contributed by atoms with Crippen LogP contribution in [0.1, 0.15) is 5.56 Å². The van der Waals surface area contributed by atoms with Gasteiger partial charge in [-0.15, -0.1) is 11.8 Å². The van der Waals surface area contributed by atoms with E-state index in [0.29, 0.717) is 0 Å². The van der Waals surface area contributed by atoms with Crippen LogP contribution in [-0.4, -0.2) is 11.8 Å². The Labute approximate surface area is 135 Å². The summed E-state index contributed by atoms with van der Waals surface area (Å²) in [6.45, 7) is 0. The lowest BCUT2D eigenvalue weighted by Gasteiger charge is -2.12. The molecule has 2 rings (SSSR count). The van der Waals surface area contributed by atoms with Crippen LogP contribution in [0, 0.1) is 0 Å². The Morgan fingerprint density at radius 3 is 2.37 bits per heavy atom. The first-order valence-corrected chi connectivity index (χ1v) is 8.59. The summed E-state index contributed by atoms with van der Waals surface area (Å²) in [5, 5.41) is 0. The molecule has 0 radical (unpaired) electrons. The highest BCUT2D eigenvalue weighted by molar-refractivity contribution is 9.10. The molecule has 0 aliphatic carbocycles. The third-order valence-corrected chi connectivity index (χ3v) is 5.22. The number of benzene rings is 2. The molecule has 0 saturated heterocycles. The van der Waals surface area contributed by atoms with Gasteiger partial charge in [-0.3, -0.25) is 0 Å². The summed E-state index contributed by atoms with van der Waals surface area (Å²) < 4.78 is 2.24. The first-order chi connectivity index (χ1) is 9.15. The van der Waals surface area contributed by atoms with Crippen molar-refractivity contribution in [1.29, 1.82) is 0 Å². The molecule has 0 amide bonds. The van der Waals surface area contributed by atoms with Gasteiger partial charge in [0, 0.05) is 25.6 Å². The van der Waals surface area contributed by atoms with Gasteiger partial charge in [0.05, 0.1) is 0 Å². The molecule has 0 aromatic heterocycles. The van der Waals surface area contributed by atoms with Gasteiger partial charge in [-0.2, -0.15) is 0 Å². The molecule has 2 aromatic rings. The van der Waals surface area contributed by atoms with Crippen molar-refractivity contribution in [3.63, 3.8) is 0 Å². The number of hydrogen-bond donors (Lipinski definition) is 1. The Bertz CT molecular complexity index is 528. The Balaban J connectivity index is 1.86. The van der Waals surface area contributed by atoms with Crippen molar-refractivity contribution in [1.82, 2.24) is 0 Å². The van der Waals surface area contributed by atoms with E-state index in [1.165, 1.54) is 10.5 Å². The lowest BCUT2D eigenvalue weighted by atomic mass is 10.1. The smallest absolute Gasteiger partial charge is 0.0207 e. The van der Waals surface area contributed by atoms with E-state index in [2.05, 4.69) is 74.3 Å². The second kappa shape index (κ2) is 7.48. The van der Waals surface area contributed by atoms with Gasteiger partial charge < -0.3 is 5.73 Å². The molecule has 1 nitrogen and oxygen atoms in total. The number of halogens is 2. The summed E-state index contributed by atoms with van der Waals surface area (Å²) in [4.78, 5) is 1.26. The Kier molecular flexibility index (Phi) is 5.95. The fourth-order valence-electron chi connectivity index (χ4n) is 1.74. The predicted octanol–water partition coefficient (Wildman–Crippen LogP) is 4.87. The molecule has 1 atom stereocenters. The van der Waals surface area contributed by atoms with Gasteiger partial charge in [-0.05, 0) is 42.3 Å². The van der Waals surface area contributed by atoms with Crippen LogP contribution in [-0.2, 0) is 6.42 Å². The highest BCUT2D eigenvalue weighted by atomic mass is 79.9. The Hall–Kier alpha value is -0.290. The molecular formula is C15H15Br2NS. The third-order valence-electron chi connectivity index (χ3n) is 2.72. The highest BCUT2D eigenvalue weighted by Gasteiger charge is 2.07. The maximum Gasteiger partial charge on any atom is 0.0207 e. The molecule has 0 aliphatic heterocycles. The predicted molar refractivity (Wildman–Crippen MR) is 90.7 cm³/mol. The lowest BCUT2D eigenvalue weighted by Crippen LogP contribution is -2.25. The molecule has 2 aromatic carbocycles. The molecule has 0 spiro atoms. The van der Waals surface area contributed by atoms with E-state index < -0.39 is 0 Å². The minimum absolute atomic E-state index is 0.160. The maximum atomic E-state index is 6.20. The molecule has 0 bridgehead atoms. The van der Waals surface area contributed by atoms with Crippen LogP contribution in [0.2, 0.25) is 0 Å². The van der Waals surface area contributed by atoms with E-state index in [-0.39, 0.29) is 6.04 Å². The minimum Gasteiger partial charge on any atom is -0.327 e. The second-order valence-electron chi connectivity index (χ2n) is 4.32. The molecule has 100 valence electrons. The average Bonchev–Trinajstić information content (AvgIpc) is 2.41. The van der Waals surface area contributed by atoms with E-state index in [0.717, 1.165) is 21.1 Å². The average molecular weight is 401 g/mol. The lowest BCUT2D eigenvalue weighted by molar-refractivity contribution is 0.746. The summed E-state index contributed by atoms with van der Waals surface area (Å²) in [6, 6.07) is 16.7. The molecule has 0 saturated carbocycles. The summed E-state index contributed by atoms with van der Waals surface area (Å²) in [6.07, 6.45) is 0.894. The first-order valence-electron chi connectivity index (χ1n) is 6.02. The van der Waals surface area contributed by atoms with Gasteiger partial charge in [-0.1, -0.05) is 50.1 Å². The fraction of sp³-hybridized carbons (Fsp3) is 0.200. The molecule has 0 aliphatic rings. The van der Waals surface area contributed by atoms with Crippen molar-refractivity contribution in [3.8, 4) is 0 Å². The third kappa shape index (κ3) is 4.95. The van der Waals surface area contributed by atoms with E-state index >= 15 is 0 Å². The summed E-state index contributed by atoms with van der Waals surface area (Å²) in [5.41, 5.74) is 7.47. The number of thioether (sulfide) groups is 1. The summed E-state index contributed by atoms with van der Waals surface area (Å²) in [7, 11) is 0. The van der Waals surface area contributed by atoms with Crippen molar-refractivity contribution in [2.24, 2.45) is 5.73 Å². The zero-order chi connectivity index (χ0) is 13.7. The second-order valence-corrected chi connectivity index (χ2v) is 7.18. The summed E-state index contributed by atoms with van der Waals surface area (Å²) >= 11 is 8.80. The standard InChI is InChI=1S/C15H15Br2NS/c16-12-5-7-14(8-6-12)19-10-13(18)9-11-3-1-2-4-15(11)17/h1-8,13H,9-10,18H2. The van der Waals surface area contributed by atoms with Gasteiger partial charge in [0.2, 0.25) is 0 Å². The van der Waals surface area contributed by atoms with Gasteiger partial charge >= 0.3 is 0 Å². The minimum atomic E-state index is 0.160. The molecule has 19 heavy (non-hydrogen) atoms. The molecular weight excluding hydrogens is 386 g/mol. The van der Waals surface area contributed by atoms with Crippen molar-refractivity contribution < 1.29 is 0 Å². The normalized spacial score (nSPS) is 12.4. The highest BCUT2D eigenvalue weighted by Crippen LogP contribution is 2.23. The van der Waals surface area contributed by atoms with E-state index in [1.54, 1.807) is 11.8 Å². The van der Waals surface area contributed by atoms with Crippen molar-refractivity contribution >= 4 is 43.6 Å². The zero-order valence-electron chi connectivity index (χ0n) is 10.4. The van der Waals surface area contributed by atoms with E-state index in [9.17, 15) is 0 Å². The molecule has 1 unspecified atom stereocenters. The topological polar surface area (TPSA) is 26.0 Å². The largest absolute Gasteiger partial charge is 0.327 e. The van der Waals surface area contributed by atoms with Crippen molar-refractivity contribution in [2.75, 3.05) is 5.75 Å². The molecule has 2 N–H and O–H groups in total. The van der Waals surface area contributed by atoms with Crippen LogP contribution >= 0.6 is 43.6 Å². The van der Waals surface area contributed by atoms with Crippen LogP contribution in [0.25, 0.3) is 0 Å². The molecule has 0 fully saturated rings. The van der Waals surface area contributed by atoms with Crippen LogP contribution < -0.4 is 5.73 Å². The van der Waals surface area contributed by atoms with Crippen molar-refractivity contribution in [2.45, 2.75) is 17.4 Å². The van der Waals surface area contributed by atoms with Crippen molar-refractivity contribution in [3.05, 3.63) is 63.0 Å². The van der Waals surface area contributed by atoms with Gasteiger partial charge in [0.15, 0.2) is 0 Å². The number of hydrogen-bond acceptors (Lipinski definition) is 2. The van der Waals surface area contributed by atoms with Gasteiger partial charge in [-0.25, -0.2) is 0 Å². The monoisotopic (exact) mass is 399 g/mol. The molecule has 0 heterocycles. The van der Waals surface area contributed by atoms with Crippen LogP contribution in [0.15, 0.2) is 62.4 Å². The first kappa shape index (κ1) is 15.1. The van der Waals surface area contributed by atoms with Crippen LogP contribution in [0.4, 0.5) is 0 Å². The fourth-order valence-corrected chi connectivity index (χ4v) is 3.30. The quantitative estimate of drug-likeness (QED) is 0.724. The molecule has 4 heteroatoms.